The molecule has 1 heterocycles. The van der Waals surface area contributed by atoms with E-state index in [-0.39, 0.29) is 5.69 Å². The van der Waals surface area contributed by atoms with Crippen LogP contribution in [0.4, 0.5) is 11.4 Å². The van der Waals surface area contributed by atoms with E-state index in [1.54, 1.807) is 19.2 Å². The summed E-state index contributed by atoms with van der Waals surface area (Å²) in [6, 6.07) is 8.46. The van der Waals surface area contributed by atoms with Crippen LogP contribution in [0.3, 0.4) is 0 Å². The molecule has 0 spiro atoms. The average Bonchev–Trinajstić information content (AvgIpc) is 2.92. The number of nitrogens with one attached hydrogen (secondary N) is 2. The average molecular weight is 423 g/mol. The van der Waals surface area contributed by atoms with Crippen LogP contribution in [0, 0.1) is 10.1 Å². The van der Waals surface area contributed by atoms with Gasteiger partial charge in [0, 0.05) is 68.4 Å². The maximum absolute atomic E-state index is 10.7. The van der Waals surface area contributed by atoms with Gasteiger partial charge in [-0.25, -0.2) is 0 Å². The molecule has 2 N–H and O–H groups in total. The third-order valence-electron chi connectivity index (χ3n) is 3.86. The topological polar surface area (TPSA) is 87.7 Å². The highest BCUT2D eigenvalue weighted by molar-refractivity contribution is 9.10. The smallest absolute Gasteiger partial charge is 0.269 e. The van der Waals surface area contributed by atoms with Crippen molar-refractivity contribution in [2.45, 2.75) is 6.54 Å². The summed E-state index contributed by atoms with van der Waals surface area (Å²) in [4.78, 5) is 16.6. The van der Waals surface area contributed by atoms with E-state index in [2.05, 4.69) is 42.2 Å². The SMILES string of the molecule is CN=C(NCCNc1ccc([N+](=O)[O-])cc1)N(C)Cc1cc(Br)cn1C. The van der Waals surface area contributed by atoms with Crippen LogP contribution in [0.15, 0.2) is 46.0 Å². The van der Waals surface area contributed by atoms with Crippen LogP contribution >= 0.6 is 15.9 Å². The van der Waals surface area contributed by atoms with Crippen molar-refractivity contribution < 1.29 is 4.92 Å². The Morgan fingerprint density at radius 1 is 1.35 bits per heavy atom. The highest BCUT2D eigenvalue weighted by Gasteiger charge is 2.09. The van der Waals surface area contributed by atoms with Crippen LogP contribution in [0.5, 0.6) is 0 Å². The molecule has 26 heavy (non-hydrogen) atoms. The molecule has 9 heteroatoms. The number of aliphatic imine (C=N–C) groups is 1. The van der Waals surface area contributed by atoms with Crippen molar-refractivity contribution in [1.29, 1.82) is 0 Å². The molecule has 0 saturated heterocycles. The first-order chi connectivity index (χ1) is 12.4. The van der Waals surface area contributed by atoms with Crippen LogP contribution in [0.2, 0.25) is 0 Å². The first kappa shape index (κ1) is 19.8. The summed E-state index contributed by atoms with van der Waals surface area (Å²) in [5.41, 5.74) is 2.10. The van der Waals surface area contributed by atoms with Crippen LogP contribution in [0.1, 0.15) is 5.69 Å². The first-order valence-corrected chi connectivity index (χ1v) is 8.91. The molecule has 0 bridgehead atoms. The molecule has 2 aromatic rings. The van der Waals surface area contributed by atoms with Gasteiger partial charge in [0.05, 0.1) is 11.5 Å². The molecule has 140 valence electrons. The van der Waals surface area contributed by atoms with E-state index in [9.17, 15) is 10.1 Å². The fourth-order valence-electron chi connectivity index (χ4n) is 2.51. The molecule has 8 nitrogen and oxygen atoms in total. The van der Waals surface area contributed by atoms with E-state index in [1.807, 2.05) is 25.2 Å². The zero-order valence-electron chi connectivity index (χ0n) is 15.1. The minimum absolute atomic E-state index is 0.0861. The Balaban J connectivity index is 1.79. The standard InChI is InChI=1S/C17H23BrN6O2/c1-19-17(23(3)12-16-10-13(18)11-22(16)2)21-9-8-20-14-4-6-15(7-5-14)24(25)26/h4-7,10-11,20H,8-9,12H2,1-3H3,(H,19,21). The minimum Gasteiger partial charge on any atom is -0.383 e. The predicted molar refractivity (Wildman–Crippen MR) is 108 cm³/mol. The molecule has 0 aliphatic rings. The Bertz CT molecular complexity index is 772. The predicted octanol–water partition coefficient (Wildman–Crippen LogP) is 2.82. The molecule has 0 aliphatic heterocycles. The van der Waals surface area contributed by atoms with Gasteiger partial charge in [-0.05, 0) is 34.1 Å². The number of halogens is 1. The third-order valence-corrected chi connectivity index (χ3v) is 4.30. The summed E-state index contributed by atoms with van der Waals surface area (Å²) in [6.07, 6.45) is 2.02. The lowest BCUT2D eigenvalue weighted by Gasteiger charge is -2.22. The number of aromatic nitrogens is 1. The Labute approximate surface area is 161 Å². The number of non-ortho nitro benzene ring substituents is 1. The number of guanidine groups is 1. The number of aryl methyl sites for hydroxylation is 1. The molecular weight excluding hydrogens is 400 g/mol. The van der Waals surface area contributed by atoms with Crippen LogP contribution in [-0.4, -0.2) is 47.5 Å². The zero-order valence-corrected chi connectivity index (χ0v) is 16.7. The van der Waals surface area contributed by atoms with E-state index in [0.29, 0.717) is 13.1 Å². The lowest BCUT2D eigenvalue weighted by molar-refractivity contribution is -0.384. The molecule has 0 unspecified atom stereocenters. The number of nitrogens with zero attached hydrogens (tertiary/aromatic N) is 4. The number of anilines is 1. The molecular formula is C17H23BrN6O2. The molecule has 1 aromatic heterocycles. The maximum atomic E-state index is 10.7. The van der Waals surface area contributed by atoms with Gasteiger partial charge in [0.15, 0.2) is 5.96 Å². The number of nitro benzene ring substituents is 1. The highest BCUT2D eigenvalue weighted by atomic mass is 79.9. The van der Waals surface area contributed by atoms with Crippen LogP contribution < -0.4 is 10.6 Å². The Morgan fingerprint density at radius 2 is 2.04 bits per heavy atom. The number of hydrogen-bond donors (Lipinski definition) is 2. The van der Waals surface area contributed by atoms with Crippen molar-refractivity contribution in [2.24, 2.45) is 12.0 Å². The summed E-state index contributed by atoms with van der Waals surface area (Å²) in [7, 11) is 5.75. The fraction of sp³-hybridized carbons (Fsp3) is 0.353. The lowest BCUT2D eigenvalue weighted by atomic mass is 10.3. The van der Waals surface area contributed by atoms with Gasteiger partial charge < -0.3 is 20.1 Å². The van der Waals surface area contributed by atoms with Gasteiger partial charge in [-0.1, -0.05) is 0 Å². The second kappa shape index (κ2) is 9.23. The molecule has 0 radical (unpaired) electrons. The third kappa shape index (κ3) is 5.48. The van der Waals surface area contributed by atoms with Crippen molar-refractivity contribution in [3.63, 3.8) is 0 Å². The summed E-state index contributed by atoms with van der Waals surface area (Å²) in [6.45, 7) is 2.07. The van der Waals surface area contributed by atoms with Gasteiger partial charge in [-0.2, -0.15) is 0 Å². The lowest BCUT2D eigenvalue weighted by Crippen LogP contribution is -2.40. The summed E-state index contributed by atoms with van der Waals surface area (Å²) in [5.74, 6) is 0.799. The van der Waals surface area contributed by atoms with Crippen molar-refractivity contribution >= 4 is 33.3 Å². The first-order valence-electron chi connectivity index (χ1n) is 8.11. The molecule has 2 rings (SSSR count). The number of benzene rings is 1. The largest absolute Gasteiger partial charge is 0.383 e. The van der Waals surface area contributed by atoms with Gasteiger partial charge in [0.25, 0.3) is 5.69 Å². The van der Waals surface area contributed by atoms with Gasteiger partial charge in [-0.3, -0.25) is 15.1 Å². The minimum atomic E-state index is -0.406. The van der Waals surface area contributed by atoms with Gasteiger partial charge in [0.1, 0.15) is 0 Å². The van der Waals surface area contributed by atoms with Gasteiger partial charge in [-0.15, -0.1) is 0 Å². The molecule has 1 aromatic carbocycles. The van der Waals surface area contributed by atoms with E-state index >= 15 is 0 Å². The molecule has 0 fully saturated rings. The summed E-state index contributed by atoms with van der Waals surface area (Å²) in [5, 5.41) is 17.2. The van der Waals surface area contributed by atoms with E-state index in [4.69, 9.17) is 0 Å². The van der Waals surface area contributed by atoms with Crippen molar-refractivity contribution in [3.8, 4) is 0 Å². The Hall–Kier alpha value is -2.55. The van der Waals surface area contributed by atoms with E-state index < -0.39 is 4.92 Å². The monoisotopic (exact) mass is 422 g/mol. The van der Waals surface area contributed by atoms with Crippen molar-refractivity contribution in [2.75, 3.05) is 32.5 Å². The number of hydrogen-bond acceptors (Lipinski definition) is 4. The van der Waals surface area contributed by atoms with E-state index in [1.165, 1.54) is 17.8 Å². The molecule has 0 aliphatic carbocycles. The van der Waals surface area contributed by atoms with Gasteiger partial charge in [0.2, 0.25) is 0 Å². The van der Waals surface area contributed by atoms with Crippen LogP contribution in [-0.2, 0) is 13.6 Å². The quantitative estimate of drug-likeness (QED) is 0.235. The Kier molecular flexibility index (Phi) is 7.02. The Morgan fingerprint density at radius 3 is 2.58 bits per heavy atom. The van der Waals surface area contributed by atoms with Crippen molar-refractivity contribution in [3.05, 3.63) is 56.8 Å². The van der Waals surface area contributed by atoms with E-state index in [0.717, 1.165) is 22.7 Å². The maximum Gasteiger partial charge on any atom is 0.269 e. The van der Waals surface area contributed by atoms with Crippen LogP contribution in [0.25, 0.3) is 0 Å². The molecule has 0 atom stereocenters. The highest BCUT2D eigenvalue weighted by Crippen LogP contribution is 2.15. The second-order valence-electron chi connectivity index (χ2n) is 5.82. The summed E-state index contributed by atoms with van der Waals surface area (Å²) >= 11 is 3.48. The van der Waals surface area contributed by atoms with Gasteiger partial charge >= 0.3 is 0 Å². The number of nitro groups is 1. The zero-order chi connectivity index (χ0) is 19.1. The normalized spacial score (nSPS) is 11.3. The summed E-state index contributed by atoms with van der Waals surface area (Å²) < 4.78 is 3.13. The molecule has 0 amide bonds. The number of rotatable bonds is 7. The van der Waals surface area contributed by atoms with Crippen molar-refractivity contribution in [1.82, 2.24) is 14.8 Å². The molecule has 0 saturated carbocycles. The fourth-order valence-corrected chi connectivity index (χ4v) is 3.08. The second-order valence-corrected chi connectivity index (χ2v) is 6.74.